The fraction of sp³-hybridized carbons (Fsp3) is 0.682. The molecule has 0 saturated carbocycles. The van der Waals surface area contributed by atoms with Gasteiger partial charge >= 0.3 is 6.09 Å². The monoisotopic (exact) mass is 471 g/mol. The number of sulfonamides is 1. The second kappa shape index (κ2) is 10.5. The number of carbonyl (C=O) groups excluding carboxylic acids is 1. The molecule has 0 aliphatic carbocycles. The molecular formula is C22H34ClN3O4S. The maximum Gasteiger partial charge on any atom is 0.409 e. The third-order valence-electron chi connectivity index (χ3n) is 6.58. The van der Waals surface area contributed by atoms with Gasteiger partial charge in [-0.25, -0.2) is 13.2 Å². The zero-order valence-corrected chi connectivity index (χ0v) is 20.2. The Morgan fingerprint density at radius 3 is 2.35 bits per heavy atom. The molecule has 1 aromatic carbocycles. The number of halogens is 1. The lowest BCUT2D eigenvalue weighted by molar-refractivity contribution is 0.0508. The second-order valence-electron chi connectivity index (χ2n) is 8.66. The summed E-state index contributed by atoms with van der Waals surface area (Å²) >= 11 is 5.95. The van der Waals surface area contributed by atoms with Crippen molar-refractivity contribution in [3.05, 3.63) is 29.3 Å². The number of piperidine rings is 2. The highest BCUT2D eigenvalue weighted by atomic mass is 35.5. The van der Waals surface area contributed by atoms with Crippen LogP contribution in [-0.4, -0.2) is 80.5 Å². The van der Waals surface area contributed by atoms with Crippen molar-refractivity contribution in [1.82, 2.24) is 14.1 Å². The van der Waals surface area contributed by atoms with Crippen molar-refractivity contribution in [3.8, 4) is 0 Å². The molecular weight excluding hydrogens is 438 g/mol. The number of nitrogens with zero attached hydrogens (tertiary/aromatic N) is 3. The third kappa shape index (κ3) is 5.72. The van der Waals surface area contributed by atoms with E-state index >= 15 is 0 Å². The Bertz CT molecular complexity index is 841. The first kappa shape index (κ1) is 24.3. The van der Waals surface area contributed by atoms with Crippen LogP contribution in [0.1, 0.15) is 45.4 Å². The van der Waals surface area contributed by atoms with E-state index < -0.39 is 10.0 Å². The van der Waals surface area contributed by atoms with Crippen molar-refractivity contribution in [2.75, 3.05) is 33.8 Å². The number of hydrogen-bond donors (Lipinski definition) is 0. The summed E-state index contributed by atoms with van der Waals surface area (Å²) in [4.78, 5) is 16.8. The van der Waals surface area contributed by atoms with Crippen LogP contribution in [-0.2, 0) is 14.8 Å². The molecule has 0 spiro atoms. The van der Waals surface area contributed by atoms with Crippen LogP contribution in [0.4, 0.5) is 4.79 Å². The molecule has 0 bridgehead atoms. The molecule has 174 valence electrons. The summed E-state index contributed by atoms with van der Waals surface area (Å²) in [7, 11) is 0.135. The largest absolute Gasteiger partial charge is 0.448 e. The molecule has 9 heteroatoms. The van der Waals surface area contributed by atoms with E-state index in [0.717, 1.165) is 38.8 Å². The molecule has 3 rings (SSSR count). The van der Waals surface area contributed by atoms with Gasteiger partial charge in [-0.1, -0.05) is 24.9 Å². The van der Waals surface area contributed by atoms with Gasteiger partial charge < -0.3 is 14.5 Å². The van der Waals surface area contributed by atoms with E-state index in [0.29, 0.717) is 17.9 Å². The number of benzene rings is 1. The fourth-order valence-electron chi connectivity index (χ4n) is 4.60. The van der Waals surface area contributed by atoms with Crippen molar-refractivity contribution in [2.24, 2.45) is 0 Å². The normalized spacial score (nSPS) is 24.1. The minimum atomic E-state index is -3.72. The molecule has 7 nitrogen and oxygen atoms in total. The van der Waals surface area contributed by atoms with Crippen LogP contribution in [0.3, 0.4) is 0 Å². The predicted molar refractivity (Wildman–Crippen MR) is 122 cm³/mol. The second-order valence-corrected chi connectivity index (χ2v) is 10.9. The fourth-order valence-corrected chi connectivity index (χ4v) is 6.66. The number of ether oxygens (including phenoxy) is 1. The molecule has 1 amide bonds. The van der Waals surface area contributed by atoms with Gasteiger partial charge in [0.2, 0.25) is 10.0 Å². The average molecular weight is 472 g/mol. The van der Waals surface area contributed by atoms with Crippen molar-refractivity contribution >= 4 is 27.7 Å². The Kier molecular flexibility index (Phi) is 8.24. The maximum absolute atomic E-state index is 13.5. The predicted octanol–water partition coefficient (Wildman–Crippen LogP) is 3.82. The molecule has 0 N–H and O–H groups in total. The Balaban J connectivity index is 1.71. The number of amides is 1. The van der Waals surface area contributed by atoms with Gasteiger partial charge in [0.25, 0.3) is 0 Å². The summed E-state index contributed by atoms with van der Waals surface area (Å²) in [5, 5.41) is 0.493. The number of likely N-dealkylation sites (tertiary alicyclic amines) is 1. The van der Waals surface area contributed by atoms with Crippen LogP contribution in [0.5, 0.6) is 0 Å². The standard InChI is InChI=1S/C22H34ClN3O4S/c1-4-18-6-5-7-20(26(18)31(28,29)21-10-8-17(23)9-11-21)16-30-22(27)25(3)19-12-14-24(2)15-13-19/h8-11,18-20H,4-7,12-16H2,1-3H3/t18-,20-/m1/s1. The highest BCUT2D eigenvalue weighted by Crippen LogP contribution is 2.32. The molecule has 2 saturated heterocycles. The van der Waals surface area contributed by atoms with Crippen molar-refractivity contribution in [1.29, 1.82) is 0 Å². The van der Waals surface area contributed by atoms with Gasteiger partial charge in [-0.2, -0.15) is 4.31 Å². The third-order valence-corrected chi connectivity index (χ3v) is 8.85. The lowest BCUT2D eigenvalue weighted by Crippen LogP contribution is -2.52. The highest BCUT2D eigenvalue weighted by Gasteiger charge is 2.40. The molecule has 31 heavy (non-hydrogen) atoms. The highest BCUT2D eigenvalue weighted by molar-refractivity contribution is 7.89. The van der Waals surface area contributed by atoms with E-state index in [1.807, 2.05) is 6.92 Å². The SMILES string of the molecule is CC[C@@H]1CCC[C@H](COC(=O)N(C)C2CCN(C)CC2)N1S(=O)(=O)c1ccc(Cl)cc1. The van der Waals surface area contributed by atoms with Crippen LogP contribution < -0.4 is 0 Å². The number of carbonyl (C=O) groups is 1. The zero-order chi connectivity index (χ0) is 22.6. The lowest BCUT2D eigenvalue weighted by Gasteiger charge is -2.41. The minimum absolute atomic E-state index is 0.0686. The van der Waals surface area contributed by atoms with E-state index in [2.05, 4.69) is 11.9 Å². The Morgan fingerprint density at radius 1 is 1.13 bits per heavy atom. The first-order chi connectivity index (χ1) is 14.7. The van der Waals surface area contributed by atoms with Crippen LogP contribution in [0.25, 0.3) is 0 Å². The van der Waals surface area contributed by atoms with Crippen LogP contribution in [0, 0.1) is 0 Å². The number of rotatable bonds is 6. The molecule has 0 aromatic heterocycles. The molecule has 2 heterocycles. The van der Waals surface area contributed by atoms with Gasteiger partial charge in [0.05, 0.1) is 10.9 Å². The first-order valence-electron chi connectivity index (χ1n) is 11.1. The van der Waals surface area contributed by atoms with E-state index in [9.17, 15) is 13.2 Å². The Morgan fingerprint density at radius 2 is 1.74 bits per heavy atom. The topological polar surface area (TPSA) is 70.2 Å². The molecule has 2 aliphatic rings. The summed E-state index contributed by atoms with van der Waals surface area (Å²) in [6, 6.07) is 5.94. The molecule has 1 aromatic rings. The van der Waals surface area contributed by atoms with Gasteiger partial charge in [0.1, 0.15) is 6.61 Å². The van der Waals surface area contributed by atoms with Gasteiger partial charge in [-0.05, 0) is 76.5 Å². The van der Waals surface area contributed by atoms with Gasteiger partial charge in [-0.15, -0.1) is 0 Å². The van der Waals surface area contributed by atoms with Crippen molar-refractivity contribution < 1.29 is 17.9 Å². The average Bonchev–Trinajstić information content (AvgIpc) is 2.77. The quantitative estimate of drug-likeness (QED) is 0.630. The number of hydrogen-bond acceptors (Lipinski definition) is 5. The molecule has 2 aliphatic heterocycles. The zero-order valence-electron chi connectivity index (χ0n) is 18.7. The van der Waals surface area contributed by atoms with E-state index in [-0.39, 0.29) is 35.7 Å². The Hall–Kier alpha value is -1.35. The minimum Gasteiger partial charge on any atom is -0.448 e. The Labute approximate surface area is 191 Å². The molecule has 0 unspecified atom stereocenters. The van der Waals surface area contributed by atoms with Crippen LogP contribution >= 0.6 is 11.6 Å². The van der Waals surface area contributed by atoms with Gasteiger partial charge in [0.15, 0.2) is 0 Å². The van der Waals surface area contributed by atoms with E-state index in [1.54, 1.807) is 28.4 Å². The summed E-state index contributed by atoms with van der Waals surface area (Å²) in [5.74, 6) is 0. The van der Waals surface area contributed by atoms with Crippen molar-refractivity contribution in [2.45, 2.75) is 68.5 Å². The van der Waals surface area contributed by atoms with E-state index in [4.69, 9.17) is 16.3 Å². The molecule has 2 fully saturated rings. The summed E-state index contributed by atoms with van der Waals surface area (Å²) in [5.41, 5.74) is 0. The molecule has 2 atom stereocenters. The summed E-state index contributed by atoms with van der Waals surface area (Å²) in [6.07, 6.45) is 4.57. The van der Waals surface area contributed by atoms with Crippen LogP contribution in [0.2, 0.25) is 5.02 Å². The van der Waals surface area contributed by atoms with E-state index in [1.165, 1.54) is 12.1 Å². The first-order valence-corrected chi connectivity index (χ1v) is 12.9. The lowest BCUT2D eigenvalue weighted by atomic mass is 9.97. The smallest absolute Gasteiger partial charge is 0.409 e. The molecule has 0 radical (unpaired) electrons. The maximum atomic E-state index is 13.5. The van der Waals surface area contributed by atoms with Crippen molar-refractivity contribution in [3.63, 3.8) is 0 Å². The summed E-state index contributed by atoms with van der Waals surface area (Å²) < 4.78 is 34.1. The van der Waals surface area contributed by atoms with Gasteiger partial charge in [-0.3, -0.25) is 0 Å². The van der Waals surface area contributed by atoms with Crippen LogP contribution in [0.15, 0.2) is 29.2 Å². The summed E-state index contributed by atoms with van der Waals surface area (Å²) in [6.45, 7) is 3.98. The van der Waals surface area contributed by atoms with Gasteiger partial charge in [0, 0.05) is 24.2 Å².